The summed E-state index contributed by atoms with van der Waals surface area (Å²) in [4.78, 5) is 67.4. The van der Waals surface area contributed by atoms with E-state index in [9.17, 15) is 39.3 Å². The van der Waals surface area contributed by atoms with Crippen molar-refractivity contribution in [3.8, 4) is 5.75 Å². The maximum Gasteiger partial charge on any atom is 0.190 e. The van der Waals surface area contributed by atoms with Crippen LogP contribution in [0.2, 0.25) is 0 Å². The summed E-state index contributed by atoms with van der Waals surface area (Å²) in [5, 5.41) is 34.4. The van der Waals surface area contributed by atoms with Gasteiger partial charge in [-0.1, -0.05) is 45.2 Å². The first-order valence-electron chi connectivity index (χ1n) is 13.9. The SMILES string of the molecule is CC(=O)C1C(=O)C(C(C)C)[C@H]2[C@H](O)[C@@H]3C(C(=O)c4c(O)cccc4[C@H]3COC3CCCCC3)C(=O)[C@@]2(O)C1=O. The first-order valence-corrected chi connectivity index (χ1v) is 13.9. The molecule has 0 saturated heterocycles. The third kappa shape index (κ3) is 4.04. The lowest BCUT2D eigenvalue weighted by Gasteiger charge is -2.56. The van der Waals surface area contributed by atoms with Gasteiger partial charge in [-0.3, -0.25) is 24.0 Å². The Kier molecular flexibility index (Phi) is 7.14. The van der Waals surface area contributed by atoms with Crippen molar-refractivity contribution in [2.75, 3.05) is 6.61 Å². The number of hydrogen-bond acceptors (Lipinski definition) is 9. The molecule has 9 heteroatoms. The predicted molar refractivity (Wildman–Crippen MR) is 137 cm³/mol. The van der Waals surface area contributed by atoms with Gasteiger partial charge in [0.1, 0.15) is 17.5 Å². The molecule has 4 aliphatic carbocycles. The molecule has 0 aromatic heterocycles. The van der Waals surface area contributed by atoms with E-state index in [4.69, 9.17) is 4.74 Å². The number of Topliss-reactive ketones (excluding diaryl/α,β-unsaturated/α-hetero) is 5. The molecule has 210 valence electrons. The molecule has 1 aromatic rings. The summed E-state index contributed by atoms with van der Waals surface area (Å²) in [7, 11) is 0. The van der Waals surface area contributed by atoms with Gasteiger partial charge in [0, 0.05) is 23.7 Å². The number of phenolic OH excluding ortho intramolecular Hbond substituents is 1. The fourth-order valence-corrected chi connectivity index (χ4v) is 7.80. The Morgan fingerprint density at radius 2 is 1.74 bits per heavy atom. The van der Waals surface area contributed by atoms with Gasteiger partial charge in [-0.05, 0) is 37.3 Å². The van der Waals surface area contributed by atoms with Crippen molar-refractivity contribution in [3.63, 3.8) is 0 Å². The molecule has 5 rings (SSSR count). The molecule has 4 aliphatic rings. The van der Waals surface area contributed by atoms with Crippen molar-refractivity contribution in [1.82, 2.24) is 0 Å². The number of aliphatic hydroxyl groups excluding tert-OH is 1. The smallest absolute Gasteiger partial charge is 0.190 e. The van der Waals surface area contributed by atoms with Crippen molar-refractivity contribution in [2.45, 2.75) is 76.6 Å². The topological polar surface area (TPSA) is 155 Å². The van der Waals surface area contributed by atoms with E-state index < -0.39 is 82.0 Å². The van der Waals surface area contributed by atoms with Gasteiger partial charge in [0.05, 0.1) is 30.3 Å². The maximum absolute atomic E-state index is 14.1. The van der Waals surface area contributed by atoms with E-state index in [1.807, 2.05) is 0 Å². The fourth-order valence-electron chi connectivity index (χ4n) is 7.80. The van der Waals surface area contributed by atoms with Crippen LogP contribution >= 0.6 is 0 Å². The molecule has 3 saturated carbocycles. The zero-order valence-electron chi connectivity index (χ0n) is 22.5. The van der Waals surface area contributed by atoms with Gasteiger partial charge in [0.25, 0.3) is 0 Å². The molecule has 8 atom stereocenters. The second-order valence-corrected chi connectivity index (χ2v) is 12.1. The molecular weight excluding hydrogens is 504 g/mol. The average Bonchev–Trinajstić information content (AvgIpc) is 2.88. The normalized spacial score (nSPS) is 36.9. The van der Waals surface area contributed by atoms with E-state index in [1.54, 1.807) is 26.0 Å². The molecule has 39 heavy (non-hydrogen) atoms. The standard InChI is InChI=1S/C30H36O9/c1-13(2)19-24-27(35)22-17(12-39-15-8-5-4-6-9-15)16-10-7-11-18(32)21(16)26(34)23(22)29(37)30(24,38)28(36)20(14(3)31)25(19)33/h7,10-11,13,15,17,19-20,22-24,27,32,35,38H,4-6,8-9,12H2,1-3H3/t17-,19?,20?,22+,23?,24+,27-,30+/m1/s1. The Balaban J connectivity index is 1.65. The number of rotatable bonds is 5. The number of phenols is 1. The van der Waals surface area contributed by atoms with Crippen LogP contribution in [0.4, 0.5) is 0 Å². The van der Waals surface area contributed by atoms with Gasteiger partial charge in [-0.25, -0.2) is 0 Å². The summed E-state index contributed by atoms with van der Waals surface area (Å²) in [5.41, 5.74) is -2.57. The number of carbonyl (C=O) groups excluding carboxylic acids is 5. The summed E-state index contributed by atoms with van der Waals surface area (Å²) in [6, 6.07) is 4.55. The summed E-state index contributed by atoms with van der Waals surface area (Å²) in [6.45, 7) is 4.44. The van der Waals surface area contributed by atoms with Crippen LogP contribution in [0.5, 0.6) is 5.75 Å². The molecule has 3 fully saturated rings. The van der Waals surface area contributed by atoms with Crippen molar-refractivity contribution in [3.05, 3.63) is 29.3 Å². The Morgan fingerprint density at radius 3 is 2.36 bits per heavy atom. The number of benzene rings is 1. The highest BCUT2D eigenvalue weighted by Gasteiger charge is 2.72. The molecule has 0 bridgehead atoms. The molecule has 0 heterocycles. The molecule has 3 unspecified atom stereocenters. The number of aromatic hydroxyl groups is 1. The summed E-state index contributed by atoms with van der Waals surface area (Å²) >= 11 is 0. The number of aliphatic hydroxyl groups is 2. The van der Waals surface area contributed by atoms with E-state index in [2.05, 4.69) is 0 Å². The number of hydrogen-bond donors (Lipinski definition) is 3. The lowest BCUT2D eigenvalue weighted by atomic mass is 9.47. The molecule has 9 nitrogen and oxygen atoms in total. The predicted octanol–water partition coefficient (Wildman–Crippen LogP) is 2.17. The van der Waals surface area contributed by atoms with Crippen LogP contribution in [0.1, 0.15) is 74.7 Å². The molecule has 0 amide bonds. The van der Waals surface area contributed by atoms with Gasteiger partial charge in [-0.2, -0.15) is 0 Å². The molecule has 0 spiro atoms. The quantitative estimate of drug-likeness (QED) is 0.477. The first-order chi connectivity index (χ1) is 18.4. The minimum Gasteiger partial charge on any atom is -0.507 e. The fraction of sp³-hybridized carbons (Fsp3) is 0.633. The number of ketones is 5. The third-order valence-electron chi connectivity index (χ3n) is 9.58. The van der Waals surface area contributed by atoms with E-state index in [1.165, 1.54) is 6.07 Å². The van der Waals surface area contributed by atoms with Crippen LogP contribution in [-0.4, -0.2) is 68.7 Å². The number of carbonyl (C=O) groups is 5. The monoisotopic (exact) mass is 540 g/mol. The molecular formula is C30H36O9. The summed E-state index contributed by atoms with van der Waals surface area (Å²) < 4.78 is 6.26. The Bertz CT molecular complexity index is 1230. The van der Waals surface area contributed by atoms with Crippen molar-refractivity contribution >= 4 is 28.9 Å². The molecule has 1 aromatic carbocycles. The Labute approximate surface area is 226 Å². The van der Waals surface area contributed by atoms with Crippen LogP contribution in [-0.2, 0) is 23.9 Å². The summed E-state index contributed by atoms with van der Waals surface area (Å²) in [6.07, 6.45) is 3.25. The van der Waals surface area contributed by atoms with Crippen LogP contribution in [0.15, 0.2) is 18.2 Å². The molecule has 0 aliphatic heterocycles. The van der Waals surface area contributed by atoms with Crippen molar-refractivity contribution in [1.29, 1.82) is 0 Å². The van der Waals surface area contributed by atoms with E-state index in [-0.39, 0.29) is 24.0 Å². The van der Waals surface area contributed by atoms with Gasteiger partial charge < -0.3 is 20.1 Å². The van der Waals surface area contributed by atoms with Gasteiger partial charge in [0.2, 0.25) is 0 Å². The molecule has 0 radical (unpaired) electrons. The average molecular weight is 541 g/mol. The Hall–Kier alpha value is -2.75. The van der Waals surface area contributed by atoms with Crippen molar-refractivity contribution < 1.29 is 44.0 Å². The highest BCUT2D eigenvalue weighted by Crippen LogP contribution is 2.56. The van der Waals surface area contributed by atoms with E-state index in [0.29, 0.717) is 5.56 Å². The third-order valence-corrected chi connectivity index (χ3v) is 9.58. The summed E-state index contributed by atoms with van der Waals surface area (Å²) in [5.74, 6) is -13.6. The van der Waals surface area contributed by atoms with Crippen molar-refractivity contribution in [2.24, 2.45) is 35.5 Å². The van der Waals surface area contributed by atoms with Crippen LogP contribution in [0.25, 0.3) is 0 Å². The zero-order chi connectivity index (χ0) is 28.4. The van der Waals surface area contributed by atoms with Gasteiger partial charge >= 0.3 is 0 Å². The maximum atomic E-state index is 14.1. The lowest BCUT2D eigenvalue weighted by Crippen LogP contribution is -2.75. The molecule has 3 N–H and O–H groups in total. The minimum atomic E-state index is -2.90. The second kappa shape index (κ2) is 10.0. The lowest BCUT2D eigenvalue weighted by molar-refractivity contribution is -0.200. The Morgan fingerprint density at radius 1 is 1.08 bits per heavy atom. The van der Waals surface area contributed by atoms with Crippen LogP contribution in [0, 0.1) is 35.5 Å². The van der Waals surface area contributed by atoms with E-state index >= 15 is 0 Å². The largest absolute Gasteiger partial charge is 0.507 e. The van der Waals surface area contributed by atoms with Crippen LogP contribution < -0.4 is 0 Å². The zero-order valence-corrected chi connectivity index (χ0v) is 22.5. The second-order valence-electron chi connectivity index (χ2n) is 12.1. The number of fused-ring (bicyclic) bond motifs is 3. The van der Waals surface area contributed by atoms with E-state index in [0.717, 1.165) is 39.0 Å². The van der Waals surface area contributed by atoms with Gasteiger partial charge in [0.15, 0.2) is 28.7 Å². The van der Waals surface area contributed by atoms with Gasteiger partial charge in [-0.15, -0.1) is 0 Å². The highest BCUT2D eigenvalue weighted by molar-refractivity contribution is 6.32. The number of ether oxygens (including phenoxy) is 1. The first kappa shape index (κ1) is 27.8. The minimum absolute atomic E-state index is 0.0264. The highest BCUT2D eigenvalue weighted by atomic mass is 16.5. The van der Waals surface area contributed by atoms with Crippen LogP contribution in [0.3, 0.4) is 0 Å².